The van der Waals surface area contributed by atoms with Gasteiger partial charge in [0.2, 0.25) is 0 Å². The number of nitrogens with zero attached hydrogens (tertiary/aromatic N) is 3. The molecule has 0 bridgehead atoms. The molecular weight excluding hydrogens is 344 g/mol. The van der Waals surface area contributed by atoms with Crippen molar-refractivity contribution in [2.75, 3.05) is 5.32 Å². The van der Waals surface area contributed by atoms with E-state index >= 15 is 0 Å². The summed E-state index contributed by atoms with van der Waals surface area (Å²) in [6.45, 7) is 0. The van der Waals surface area contributed by atoms with Crippen LogP contribution in [-0.4, -0.2) is 28.0 Å². The Morgan fingerprint density at radius 1 is 1.25 bits per heavy atom. The topological polar surface area (TPSA) is 69.0 Å². The monoisotopic (exact) mass is 366 g/mol. The molecule has 0 saturated heterocycles. The largest absolute Gasteiger partial charge is 0.324 e. The van der Waals surface area contributed by atoms with Gasteiger partial charge >= 0.3 is 6.03 Å². The van der Waals surface area contributed by atoms with Crippen LogP contribution in [0.5, 0.6) is 0 Å². The number of rotatable bonds is 3. The molecule has 130 valence electrons. The van der Waals surface area contributed by atoms with Crippen molar-refractivity contribution in [3.8, 4) is 6.07 Å². The molecule has 0 aliphatic heterocycles. The van der Waals surface area contributed by atoms with Gasteiger partial charge in [0, 0.05) is 18.0 Å². The third kappa shape index (κ3) is 4.20. The Labute approximate surface area is 152 Å². The van der Waals surface area contributed by atoms with Gasteiger partial charge in [-0.25, -0.2) is 9.78 Å². The van der Waals surface area contributed by atoms with Crippen LogP contribution >= 0.6 is 22.9 Å². The Hall–Kier alpha value is -1.32. The van der Waals surface area contributed by atoms with E-state index in [1.54, 1.807) is 6.20 Å². The van der Waals surface area contributed by atoms with E-state index in [4.69, 9.17) is 11.6 Å². The van der Waals surface area contributed by atoms with Crippen molar-refractivity contribution >= 4 is 34.1 Å². The number of amides is 2. The third-order valence-corrected chi connectivity index (χ3v) is 6.15. The van der Waals surface area contributed by atoms with Crippen molar-refractivity contribution in [2.45, 2.75) is 69.9 Å². The first-order chi connectivity index (χ1) is 11.7. The standard InChI is InChI=1S/C17H23ClN4OS/c18-15-11-20-16(24-15)21-17(23)22(13-6-2-1-3-7-13)14-8-4-5-12(9-14)10-19/h11-14H,1-9H2,(H,20,21,23). The Kier molecular flexibility index (Phi) is 5.96. The fourth-order valence-electron chi connectivity index (χ4n) is 3.99. The van der Waals surface area contributed by atoms with E-state index in [-0.39, 0.29) is 24.0 Å². The predicted molar refractivity (Wildman–Crippen MR) is 96.2 cm³/mol. The third-order valence-electron chi connectivity index (χ3n) is 5.12. The number of aromatic nitrogens is 1. The van der Waals surface area contributed by atoms with Gasteiger partial charge in [0.15, 0.2) is 5.13 Å². The molecule has 0 aromatic carbocycles. The maximum atomic E-state index is 13.0. The van der Waals surface area contributed by atoms with E-state index in [0.29, 0.717) is 9.47 Å². The average molecular weight is 367 g/mol. The van der Waals surface area contributed by atoms with Crippen LogP contribution in [0.2, 0.25) is 4.34 Å². The van der Waals surface area contributed by atoms with Crippen LogP contribution in [-0.2, 0) is 0 Å². The summed E-state index contributed by atoms with van der Waals surface area (Å²) in [7, 11) is 0. The predicted octanol–water partition coefficient (Wildman–Crippen LogP) is 5.05. The molecule has 0 spiro atoms. The summed E-state index contributed by atoms with van der Waals surface area (Å²) in [6.07, 6.45) is 11.0. The van der Waals surface area contributed by atoms with Crippen LogP contribution in [0.15, 0.2) is 6.20 Å². The summed E-state index contributed by atoms with van der Waals surface area (Å²) in [5.41, 5.74) is 0. The number of anilines is 1. The number of nitrogens with one attached hydrogen (secondary N) is 1. The van der Waals surface area contributed by atoms with E-state index in [9.17, 15) is 10.1 Å². The van der Waals surface area contributed by atoms with Crippen molar-refractivity contribution in [1.82, 2.24) is 9.88 Å². The number of thiazole rings is 1. The zero-order valence-electron chi connectivity index (χ0n) is 13.7. The van der Waals surface area contributed by atoms with Gasteiger partial charge in [-0.3, -0.25) is 5.32 Å². The van der Waals surface area contributed by atoms with Crippen LogP contribution < -0.4 is 5.32 Å². The molecule has 1 N–H and O–H groups in total. The van der Waals surface area contributed by atoms with Gasteiger partial charge in [-0.1, -0.05) is 48.6 Å². The molecule has 2 unspecified atom stereocenters. The minimum Gasteiger partial charge on any atom is -0.318 e. The highest BCUT2D eigenvalue weighted by Crippen LogP contribution is 2.33. The summed E-state index contributed by atoms with van der Waals surface area (Å²) in [5.74, 6) is 0.0666. The summed E-state index contributed by atoms with van der Waals surface area (Å²) >= 11 is 7.19. The maximum absolute atomic E-state index is 13.0. The lowest BCUT2D eigenvalue weighted by Gasteiger charge is -2.42. The average Bonchev–Trinajstić information content (AvgIpc) is 3.01. The molecule has 1 heterocycles. The Bertz CT molecular complexity index is 608. The summed E-state index contributed by atoms with van der Waals surface area (Å²) in [4.78, 5) is 19.1. The molecule has 7 heteroatoms. The zero-order chi connectivity index (χ0) is 16.9. The highest BCUT2D eigenvalue weighted by Gasteiger charge is 2.35. The number of urea groups is 1. The highest BCUT2D eigenvalue weighted by molar-refractivity contribution is 7.19. The van der Waals surface area contributed by atoms with Gasteiger partial charge in [-0.15, -0.1) is 0 Å². The van der Waals surface area contributed by atoms with Crippen LogP contribution in [0.3, 0.4) is 0 Å². The SMILES string of the molecule is N#CC1CCCC(N(C(=O)Nc2ncc(Cl)s2)C2CCCCC2)C1. The van der Waals surface area contributed by atoms with E-state index in [1.165, 1.54) is 30.6 Å². The number of nitriles is 1. The minimum absolute atomic E-state index is 0.0666. The number of halogens is 1. The normalized spacial score (nSPS) is 25.0. The fraction of sp³-hybridized carbons (Fsp3) is 0.706. The van der Waals surface area contributed by atoms with Crippen molar-refractivity contribution < 1.29 is 4.79 Å². The van der Waals surface area contributed by atoms with Crippen LogP contribution in [0.25, 0.3) is 0 Å². The van der Waals surface area contributed by atoms with Crippen LogP contribution in [0, 0.1) is 17.2 Å². The van der Waals surface area contributed by atoms with Gasteiger partial charge in [0.05, 0.1) is 12.3 Å². The molecule has 5 nitrogen and oxygen atoms in total. The lowest BCUT2D eigenvalue weighted by atomic mass is 9.84. The number of carbonyl (C=O) groups excluding carboxylic acids is 1. The van der Waals surface area contributed by atoms with Gasteiger partial charge in [0.1, 0.15) is 4.34 Å². The van der Waals surface area contributed by atoms with E-state index in [1.807, 2.05) is 4.90 Å². The molecule has 1 aromatic rings. The van der Waals surface area contributed by atoms with Crippen LogP contribution in [0.1, 0.15) is 57.8 Å². The number of hydrogen-bond donors (Lipinski definition) is 1. The first-order valence-electron chi connectivity index (χ1n) is 8.77. The van der Waals surface area contributed by atoms with Gasteiger partial charge in [0.25, 0.3) is 0 Å². The second kappa shape index (κ2) is 8.17. The zero-order valence-corrected chi connectivity index (χ0v) is 15.3. The molecule has 2 atom stereocenters. The lowest BCUT2D eigenvalue weighted by Crippen LogP contribution is -2.51. The molecule has 2 aliphatic rings. The number of carbonyl (C=O) groups is 1. The van der Waals surface area contributed by atoms with Gasteiger partial charge in [-0.05, 0) is 32.1 Å². The quantitative estimate of drug-likeness (QED) is 0.814. The molecular formula is C17H23ClN4OS. The Balaban J connectivity index is 1.75. The van der Waals surface area contributed by atoms with E-state index in [0.717, 1.165) is 38.5 Å². The van der Waals surface area contributed by atoms with Crippen molar-refractivity contribution in [1.29, 1.82) is 5.26 Å². The highest BCUT2D eigenvalue weighted by atomic mass is 35.5. The van der Waals surface area contributed by atoms with Crippen molar-refractivity contribution in [3.05, 3.63) is 10.5 Å². The summed E-state index contributed by atoms with van der Waals surface area (Å²) in [6, 6.07) is 2.74. The molecule has 1 aromatic heterocycles. The molecule has 3 rings (SSSR count). The van der Waals surface area contributed by atoms with E-state index in [2.05, 4.69) is 16.4 Å². The Morgan fingerprint density at radius 3 is 2.67 bits per heavy atom. The first-order valence-corrected chi connectivity index (χ1v) is 9.97. The molecule has 2 saturated carbocycles. The first kappa shape index (κ1) is 17.5. The Morgan fingerprint density at radius 2 is 2.00 bits per heavy atom. The summed E-state index contributed by atoms with van der Waals surface area (Å²) < 4.78 is 0.566. The van der Waals surface area contributed by atoms with Crippen molar-refractivity contribution in [2.24, 2.45) is 5.92 Å². The van der Waals surface area contributed by atoms with Crippen molar-refractivity contribution in [3.63, 3.8) is 0 Å². The van der Waals surface area contributed by atoms with Gasteiger partial charge < -0.3 is 4.90 Å². The number of hydrogen-bond acceptors (Lipinski definition) is 4. The van der Waals surface area contributed by atoms with E-state index < -0.39 is 0 Å². The molecule has 2 aliphatic carbocycles. The fourth-order valence-corrected chi connectivity index (χ4v) is 4.79. The molecule has 24 heavy (non-hydrogen) atoms. The smallest absolute Gasteiger partial charge is 0.318 e. The van der Waals surface area contributed by atoms with Gasteiger partial charge in [-0.2, -0.15) is 5.26 Å². The summed E-state index contributed by atoms with van der Waals surface area (Å²) in [5, 5.41) is 12.7. The lowest BCUT2D eigenvalue weighted by molar-refractivity contribution is 0.106. The molecule has 0 radical (unpaired) electrons. The van der Waals surface area contributed by atoms with Crippen LogP contribution in [0.4, 0.5) is 9.93 Å². The minimum atomic E-state index is -0.0866. The molecule has 2 amide bonds. The second-order valence-electron chi connectivity index (χ2n) is 6.75. The molecule has 2 fully saturated rings. The second-order valence-corrected chi connectivity index (χ2v) is 8.41. The maximum Gasteiger partial charge on any atom is 0.324 e.